The summed E-state index contributed by atoms with van der Waals surface area (Å²) in [5.41, 5.74) is 6.01. The first-order valence-electron chi connectivity index (χ1n) is 5.17. The number of carbonyl (C=O) groups excluding carboxylic acids is 1. The van der Waals surface area contributed by atoms with Crippen molar-refractivity contribution >= 4 is 26.9 Å². The third-order valence-corrected chi connectivity index (χ3v) is 3.16. The number of nitrogens with one attached hydrogen (secondary N) is 1. The van der Waals surface area contributed by atoms with Gasteiger partial charge in [0.25, 0.3) is 0 Å². The van der Waals surface area contributed by atoms with Crippen molar-refractivity contribution in [3.8, 4) is 0 Å². The Kier molecular flexibility index (Phi) is 4.55. The maximum atomic E-state index is 13.1. The number of amides is 1. The molecule has 1 amide bonds. The smallest absolute Gasteiger partial charge is 0.418 e. The van der Waals surface area contributed by atoms with E-state index in [1.165, 1.54) is 23.8 Å². The summed E-state index contributed by atoms with van der Waals surface area (Å²) in [5, 5.41) is 1.24. The number of nitrogen functional groups attached to an aromatic ring is 1. The van der Waals surface area contributed by atoms with E-state index in [1.807, 2.05) is 0 Å². The maximum absolute atomic E-state index is 13.1. The van der Waals surface area contributed by atoms with E-state index in [-0.39, 0.29) is 12.3 Å². The summed E-state index contributed by atoms with van der Waals surface area (Å²) in [6.07, 6.45) is 0.524. The molecule has 1 unspecified atom stereocenters. The Morgan fingerprint density at radius 3 is 2.78 bits per heavy atom. The summed E-state index contributed by atoms with van der Waals surface area (Å²) in [6, 6.07) is 3.78. The average Bonchev–Trinajstić information content (AvgIpc) is 2.13. The standard InChI is InChI=1S/C11H15FN2O3S/c1-3-17-11(15)14-18(2,16)7-8-4-9(12)6-10(13)5-8/h4-7H,3,13H2,1-2H3,(H,14,15,16). The summed E-state index contributed by atoms with van der Waals surface area (Å²) in [6.45, 7) is 1.81. The molecule has 1 atom stereocenters. The van der Waals surface area contributed by atoms with Crippen LogP contribution in [-0.2, 0) is 14.4 Å². The molecule has 3 N–H and O–H groups in total. The van der Waals surface area contributed by atoms with Gasteiger partial charge in [0, 0.05) is 17.3 Å². The number of nitrogens with two attached hydrogens (primary N) is 1. The minimum Gasteiger partial charge on any atom is -0.449 e. The van der Waals surface area contributed by atoms with Crippen LogP contribution in [0.15, 0.2) is 18.2 Å². The first-order valence-corrected chi connectivity index (χ1v) is 7.20. The van der Waals surface area contributed by atoms with Gasteiger partial charge in [-0.25, -0.2) is 18.1 Å². The van der Waals surface area contributed by atoms with E-state index in [4.69, 9.17) is 5.73 Å². The van der Waals surface area contributed by atoms with Gasteiger partial charge in [-0.2, -0.15) is 0 Å². The van der Waals surface area contributed by atoms with Crippen LogP contribution in [-0.4, -0.2) is 28.5 Å². The van der Waals surface area contributed by atoms with E-state index >= 15 is 0 Å². The molecule has 0 heterocycles. The van der Waals surface area contributed by atoms with Crippen LogP contribution in [0.4, 0.5) is 14.9 Å². The average molecular weight is 274 g/mol. The molecule has 1 aromatic carbocycles. The SMILES string of the molecule is CCOC(=O)NS(C)(=O)=Cc1cc(N)cc(F)c1. The van der Waals surface area contributed by atoms with Crippen LogP contribution in [0.25, 0.3) is 0 Å². The van der Waals surface area contributed by atoms with E-state index < -0.39 is 21.6 Å². The van der Waals surface area contributed by atoms with Gasteiger partial charge in [-0.15, -0.1) is 0 Å². The Labute approximate surface area is 105 Å². The Balaban J connectivity index is 2.99. The van der Waals surface area contributed by atoms with Gasteiger partial charge in [0.15, 0.2) is 0 Å². The van der Waals surface area contributed by atoms with Gasteiger partial charge in [0.2, 0.25) is 0 Å². The van der Waals surface area contributed by atoms with Crippen molar-refractivity contribution < 1.29 is 18.1 Å². The lowest BCUT2D eigenvalue weighted by molar-refractivity contribution is 0.159. The van der Waals surface area contributed by atoms with Crippen LogP contribution >= 0.6 is 0 Å². The van der Waals surface area contributed by atoms with Crippen LogP contribution in [0, 0.1) is 5.82 Å². The van der Waals surface area contributed by atoms with Crippen LogP contribution < -0.4 is 10.5 Å². The highest BCUT2D eigenvalue weighted by Gasteiger charge is 2.07. The van der Waals surface area contributed by atoms with E-state index in [2.05, 4.69) is 9.46 Å². The topological polar surface area (TPSA) is 81.4 Å². The first-order chi connectivity index (χ1) is 8.32. The van der Waals surface area contributed by atoms with Crippen LogP contribution in [0.2, 0.25) is 0 Å². The predicted molar refractivity (Wildman–Crippen MR) is 70.2 cm³/mol. The molecule has 18 heavy (non-hydrogen) atoms. The molecule has 0 aliphatic heterocycles. The maximum Gasteiger partial charge on any atom is 0.418 e. The first kappa shape index (κ1) is 14.3. The van der Waals surface area contributed by atoms with Gasteiger partial charge in [-0.05, 0) is 30.7 Å². The Bertz CT molecular complexity index is 545. The number of halogens is 1. The molecular formula is C11H15FN2O3S. The lowest BCUT2D eigenvalue weighted by Gasteiger charge is -2.08. The largest absolute Gasteiger partial charge is 0.449 e. The molecule has 0 fully saturated rings. The van der Waals surface area contributed by atoms with Crippen molar-refractivity contribution in [1.29, 1.82) is 0 Å². The van der Waals surface area contributed by atoms with Crippen LogP contribution in [0.5, 0.6) is 0 Å². The summed E-state index contributed by atoms with van der Waals surface area (Å²) in [7, 11) is -2.81. The molecule has 0 aromatic heterocycles. The lowest BCUT2D eigenvalue weighted by Crippen LogP contribution is -2.31. The molecular weight excluding hydrogens is 259 g/mol. The molecule has 7 heteroatoms. The van der Waals surface area contributed by atoms with Gasteiger partial charge >= 0.3 is 6.09 Å². The van der Waals surface area contributed by atoms with Crippen molar-refractivity contribution in [3.05, 3.63) is 29.6 Å². The van der Waals surface area contributed by atoms with E-state index in [1.54, 1.807) is 6.92 Å². The van der Waals surface area contributed by atoms with Crippen molar-refractivity contribution in [2.24, 2.45) is 0 Å². The number of rotatable bonds is 3. The summed E-state index contributed by atoms with van der Waals surface area (Å²) >= 11 is 0. The molecule has 0 spiro atoms. The molecule has 100 valence electrons. The van der Waals surface area contributed by atoms with Gasteiger partial charge in [-0.1, -0.05) is 0 Å². The highest BCUT2D eigenvalue weighted by atomic mass is 32.2. The molecule has 0 saturated heterocycles. The molecule has 1 aromatic rings. The fraction of sp³-hybridized carbons (Fsp3) is 0.273. The van der Waals surface area contributed by atoms with E-state index in [0.29, 0.717) is 5.56 Å². The fourth-order valence-electron chi connectivity index (χ4n) is 1.32. The second-order valence-corrected chi connectivity index (χ2v) is 5.91. The minimum atomic E-state index is -2.81. The Hall–Kier alpha value is -1.76. The van der Waals surface area contributed by atoms with E-state index in [0.717, 1.165) is 6.07 Å². The highest BCUT2D eigenvalue weighted by Crippen LogP contribution is 2.09. The number of hydrogen-bond donors (Lipinski definition) is 2. The number of ether oxygens (including phenoxy) is 1. The quantitative estimate of drug-likeness (QED) is 0.639. The number of anilines is 1. The predicted octanol–water partition coefficient (Wildman–Crippen LogP) is 1.13. The fourth-order valence-corrected chi connectivity index (χ4v) is 2.42. The molecule has 5 nitrogen and oxygen atoms in total. The third kappa shape index (κ3) is 4.62. The van der Waals surface area contributed by atoms with Crippen molar-refractivity contribution in [1.82, 2.24) is 4.72 Å². The Morgan fingerprint density at radius 1 is 1.56 bits per heavy atom. The van der Waals surface area contributed by atoms with Crippen molar-refractivity contribution in [2.45, 2.75) is 6.92 Å². The molecule has 0 aliphatic carbocycles. The lowest BCUT2D eigenvalue weighted by atomic mass is 10.2. The van der Waals surface area contributed by atoms with Crippen LogP contribution in [0.1, 0.15) is 12.5 Å². The molecule has 0 bridgehead atoms. The summed E-state index contributed by atoms with van der Waals surface area (Å²) in [4.78, 5) is 11.2. The van der Waals surface area contributed by atoms with Gasteiger partial charge in [0.1, 0.15) is 5.82 Å². The monoisotopic (exact) mass is 274 g/mol. The zero-order chi connectivity index (χ0) is 13.8. The zero-order valence-electron chi connectivity index (χ0n) is 10.1. The minimum absolute atomic E-state index is 0.175. The normalized spacial score (nSPS) is 13.5. The van der Waals surface area contributed by atoms with Crippen molar-refractivity contribution in [2.75, 3.05) is 18.6 Å². The number of hydrogen-bond acceptors (Lipinski definition) is 4. The summed E-state index contributed by atoms with van der Waals surface area (Å²) in [5.74, 6) is -0.535. The van der Waals surface area contributed by atoms with Crippen molar-refractivity contribution in [3.63, 3.8) is 0 Å². The highest BCUT2D eigenvalue weighted by molar-refractivity contribution is 7.99. The van der Waals surface area contributed by atoms with Gasteiger partial charge in [-0.3, -0.25) is 0 Å². The van der Waals surface area contributed by atoms with Gasteiger partial charge < -0.3 is 10.5 Å². The Morgan fingerprint density at radius 2 is 2.22 bits per heavy atom. The second kappa shape index (κ2) is 5.72. The molecule has 1 rings (SSSR count). The van der Waals surface area contributed by atoms with E-state index in [9.17, 15) is 13.4 Å². The number of benzene rings is 1. The van der Waals surface area contributed by atoms with Gasteiger partial charge in [0.05, 0.1) is 16.3 Å². The molecule has 0 radical (unpaired) electrons. The molecule has 0 aliphatic rings. The second-order valence-electron chi connectivity index (χ2n) is 3.66. The zero-order valence-corrected chi connectivity index (χ0v) is 10.9. The third-order valence-electron chi connectivity index (χ3n) is 1.86. The number of carbonyl (C=O) groups is 1. The molecule has 0 saturated carbocycles. The summed E-state index contributed by atoms with van der Waals surface area (Å²) < 4.78 is 31.9. The van der Waals surface area contributed by atoms with Crippen LogP contribution in [0.3, 0.4) is 0 Å².